The summed E-state index contributed by atoms with van der Waals surface area (Å²) in [5, 5.41) is 2.04. The predicted octanol–water partition coefficient (Wildman–Crippen LogP) is 6.99. The van der Waals surface area contributed by atoms with Gasteiger partial charge in [0.25, 0.3) is 5.91 Å². The van der Waals surface area contributed by atoms with Gasteiger partial charge in [0.1, 0.15) is 5.75 Å². The standard InChI is InChI=1S/C23H24F6N2O3/c1-3-5-8-11-31(4-2)21(33)34-19-10-7-6-9-18(19)20(32)30-17-13-15(22(24,25)26)12-16(14-17)23(27,28)29/h6-7,9-10,12-14H,3-5,8,11H2,1-2H3,(H,30,32). The zero-order valence-electron chi connectivity index (χ0n) is 18.5. The van der Waals surface area contributed by atoms with E-state index in [4.69, 9.17) is 4.74 Å². The number of hydrogen-bond acceptors (Lipinski definition) is 3. The number of nitrogens with one attached hydrogen (secondary N) is 1. The zero-order valence-corrected chi connectivity index (χ0v) is 18.5. The van der Waals surface area contributed by atoms with E-state index in [1.54, 1.807) is 6.92 Å². The molecule has 0 radical (unpaired) electrons. The van der Waals surface area contributed by atoms with Crippen LogP contribution in [-0.4, -0.2) is 30.0 Å². The summed E-state index contributed by atoms with van der Waals surface area (Å²) >= 11 is 0. The van der Waals surface area contributed by atoms with Gasteiger partial charge in [-0.05, 0) is 43.7 Å². The van der Waals surface area contributed by atoms with E-state index in [-0.39, 0.29) is 17.4 Å². The van der Waals surface area contributed by atoms with Crippen LogP contribution in [0.3, 0.4) is 0 Å². The molecule has 0 saturated heterocycles. The van der Waals surface area contributed by atoms with Crippen molar-refractivity contribution in [1.29, 1.82) is 0 Å². The van der Waals surface area contributed by atoms with Gasteiger partial charge in [0, 0.05) is 18.8 Å². The molecular formula is C23H24F6N2O3. The summed E-state index contributed by atoms with van der Waals surface area (Å²) < 4.78 is 83.8. The molecule has 0 unspecified atom stereocenters. The first-order valence-corrected chi connectivity index (χ1v) is 10.5. The fraction of sp³-hybridized carbons (Fsp3) is 0.391. The molecule has 0 aliphatic carbocycles. The molecule has 2 aromatic rings. The van der Waals surface area contributed by atoms with Crippen LogP contribution in [0.1, 0.15) is 54.6 Å². The average Bonchev–Trinajstić information content (AvgIpc) is 2.75. The molecule has 186 valence electrons. The van der Waals surface area contributed by atoms with Gasteiger partial charge in [0.15, 0.2) is 0 Å². The Morgan fingerprint density at radius 1 is 0.912 bits per heavy atom. The van der Waals surface area contributed by atoms with Crippen LogP contribution in [0.25, 0.3) is 0 Å². The molecule has 0 fully saturated rings. The first-order chi connectivity index (χ1) is 15.9. The quantitative estimate of drug-likeness (QED) is 0.321. The van der Waals surface area contributed by atoms with E-state index in [2.05, 4.69) is 0 Å². The highest BCUT2D eigenvalue weighted by atomic mass is 19.4. The van der Waals surface area contributed by atoms with Crippen LogP contribution >= 0.6 is 0 Å². The topological polar surface area (TPSA) is 58.6 Å². The molecule has 0 spiro atoms. The number of halogens is 6. The lowest BCUT2D eigenvalue weighted by Gasteiger charge is -2.21. The smallest absolute Gasteiger partial charge is 0.409 e. The molecule has 2 amide bonds. The molecule has 0 saturated carbocycles. The van der Waals surface area contributed by atoms with E-state index in [0.717, 1.165) is 19.3 Å². The minimum absolute atomic E-state index is 0.0384. The number of ether oxygens (including phenoxy) is 1. The van der Waals surface area contributed by atoms with Crippen molar-refractivity contribution < 1.29 is 40.7 Å². The number of rotatable bonds is 8. The number of anilines is 1. The summed E-state index contributed by atoms with van der Waals surface area (Å²) in [6, 6.07) is 6.19. The normalized spacial score (nSPS) is 11.8. The summed E-state index contributed by atoms with van der Waals surface area (Å²) in [5.74, 6) is -1.22. The highest BCUT2D eigenvalue weighted by molar-refractivity contribution is 6.06. The number of carbonyl (C=O) groups excluding carboxylic acids is 2. The van der Waals surface area contributed by atoms with Crippen molar-refractivity contribution in [2.24, 2.45) is 0 Å². The number of nitrogens with zero attached hydrogens (tertiary/aromatic N) is 1. The molecule has 2 aromatic carbocycles. The first kappa shape index (κ1) is 27.0. The lowest BCUT2D eigenvalue weighted by atomic mass is 10.1. The Kier molecular flexibility index (Phi) is 8.94. The van der Waals surface area contributed by atoms with Crippen molar-refractivity contribution in [3.63, 3.8) is 0 Å². The second-order valence-electron chi connectivity index (χ2n) is 7.40. The van der Waals surface area contributed by atoms with Crippen LogP contribution in [0.2, 0.25) is 0 Å². The maximum absolute atomic E-state index is 13.1. The zero-order chi connectivity index (χ0) is 25.5. The average molecular weight is 490 g/mol. The van der Waals surface area contributed by atoms with Crippen molar-refractivity contribution >= 4 is 17.7 Å². The lowest BCUT2D eigenvalue weighted by Crippen LogP contribution is -2.34. The van der Waals surface area contributed by atoms with Gasteiger partial charge < -0.3 is 15.0 Å². The first-order valence-electron chi connectivity index (χ1n) is 10.5. The molecule has 5 nitrogen and oxygen atoms in total. The number of hydrogen-bond donors (Lipinski definition) is 1. The van der Waals surface area contributed by atoms with Crippen LogP contribution < -0.4 is 10.1 Å². The van der Waals surface area contributed by atoms with E-state index in [1.807, 2.05) is 12.2 Å². The highest BCUT2D eigenvalue weighted by Gasteiger charge is 2.37. The molecule has 0 aliphatic rings. The summed E-state index contributed by atoms with van der Waals surface area (Å²) in [7, 11) is 0. The van der Waals surface area contributed by atoms with Crippen LogP contribution in [0, 0.1) is 0 Å². The fourth-order valence-electron chi connectivity index (χ4n) is 3.06. The number of alkyl halides is 6. The Morgan fingerprint density at radius 2 is 1.50 bits per heavy atom. The van der Waals surface area contributed by atoms with Crippen molar-refractivity contribution in [1.82, 2.24) is 4.90 Å². The predicted molar refractivity (Wildman–Crippen MR) is 114 cm³/mol. The van der Waals surface area contributed by atoms with Gasteiger partial charge in [-0.1, -0.05) is 31.9 Å². The van der Waals surface area contributed by atoms with Gasteiger partial charge in [0.2, 0.25) is 0 Å². The molecule has 1 N–H and O–H groups in total. The molecule has 0 heterocycles. The van der Waals surface area contributed by atoms with E-state index >= 15 is 0 Å². The van der Waals surface area contributed by atoms with E-state index in [9.17, 15) is 35.9 Å². The molecule has 0 aromatic heterocycles. The van der Waals surface area contributed by atoms with Crippen molar-refractivity contribution in [2.75, 3.05) is 18.4 Å². The van der Waals surface area contributed by atoms with Crippen LogP contribution in [0.5, 0.6) is 5.75 Å². The van der Waals surface area contributed by atoms with E-state index in [1.165, 1.54) is 29.2 Å². The molecular weight excluding hydrogens is 466 g/mol. The van der Waals surface area contributed by atoms with Gasteiger partial charge >= 0.3 is 18.4 Å². The Labute approximate surface area is 192 Å². The number of para-hydroxylation sites is 1. The van der Waals surface area contributed by atoms with E-state index < -0.39 is 41.2 Å². The van der Waals surface area contributed by atoms with Gasteiger partial charge in [-0.3, -0.25) is 4.79 Å². The Bertz CT molecular complexity index is 973. The third kappa shape index (κ3) is 7.39. The van der Waals surface area contributed by atoms with Crippen LogP contribution in [0.4, 0.5) is 36.8 Å². The van der Waals surface area contributed by atoms with Crippen molar-refractivity contribution in [3.05, 3.63) is 59.2 Å². The van der Waals surface area contributed by atoms with Gasteiger partial charge in [0.05, 0.1) is 16.7 Å². The monoisotopic (exact) mass is 490 g/mol. The number of amides is 2. The SMILES string of the molecule is CCCCCN(CC)C(=O)Oc1ccccc1C(=O)Nc1cc(C(F)(F)F)cc(C(F)(F)F)c1. The summed E-state index contributed by atoms with van der Waals surface area (Å²) in [6.45, 7) is 4.53. The van der Waals surface area contributed by atoms with Gasteiger partial charge in [-0.25, -0.2) is 4.79 Å². The molecule has 0 bridgehead atoms. The molecule has 0 aliphatic heterocycles. The minimum Gasteiger partial charge on any atom is -0.409 e. The number of carbonyl (C=O) groups is 2. The molecule has 11 heteroatoms. The second kappa shape index (κ2) is 11.3. The Hall–Kier alpha value is -3.24. The fourth-order valence-corrected chi connectivity index (χ4v) is 3.06. The van der Waals surface area contributed by atoms with Crippen molar-refractivity contribution in [2.45, 2.75) is 45.5 Å². The highest BCUT2D eigenvalue weighted by Crippen LogP contribution is 2.37. The Balaban J connectivity index is 2.29. The van der Waals surface area contributed by atoms with Crippen LogP contribution in [-0.2, 0) is 12.4 Å². The largest absolute Gasteiger partial charge is 0.416 e. The molecule has 0 atom stereocenters. The summed E-state index contributed by atoms with van der Waals surface area (Å²) in [5.41, 5.74) is -4.07. The number of unbranched alkanes of at least 4 members (excludes halogenated alkanes) is 2. The summed E-state index contributed by atoms with van der Waals surface area (Å²) in [4.78, 5) is 26.6. The Morgan fingerprint density at radius 3 is 2.03 bits per heavy atom. The second-order valence-corrected chi connectivity index (χ2v) is 7.40. The maximum Gasteiger partial charge on any atom is 0.416 e. The number of benzene rings is 2. The van der Waals surface area contributed by atoms with E-state index in [0.29, 0.717) is 25.2 Å². The third-order valence-electron chi connectivity index (χ3n) is 4.85. The van der Waals surface area contributed by atoms with Gasteiger partial charge in [-0.15, -0.1) is 0 Å². The summed E-state index contributed by atoms with van der Waals surface area (Å²) in [6.07, 6.45) is -8.25. The van der Waals surface area contributed by atoms with Crippen molar-refractivity contribution in [3.8, 4) is 5.75 Å². The van der Waals surface area contributed by atoms with Crippen LogP contribution in [0.15, 0.2) is 42.5 Å². The maximum atomic E-state index is 13.1. The molecule has 2 rings (SSSR count). The third-order valence-corrected chi connectivity index (χ3v) is 4.85. The lowest BCUT2D eigenvalue weighted by molar-refractivity contribution is -0.143. The molecule has 34 heavy (non-hydrogen) atoms. The van der Waals surface area contributed by atoms with Gasteiger partial charge in [-0.2, -0.15) is 26.3 Å². The minimum atomic E-state index is -5.06.